The SMILES string of the molecule is CC(C)c1sc(C(=O)OCc2ccccc2)nc1-c1ccc(Cl)c(C(F)(F)F)c1. The molecule has 0 radical (unpaired) electrons. The number of thiazole rings is 1. The van der Waals surface area contributed by atoms with Gasteiger partial charge in [-0.1, -0.05) is 61.8 Å². The molecule has 1 heterocycles. The maximum Gasteiger partial charge on any atom is 0.417 e. The highest BCUT2D eigenvalue weighted by Gasteiger charge is 2.34. The smallest absolute Gasteiger partial charge is 0.417 e. The van der Waals surface area contributed by atoms with Crippen molar-refractivity contribution in [1.82, 2.24) is 4.98 Å². The van der Waals surface area contributed by atoms with E-state index in [1.54, 1.807) is 0 Å². The molecule has 0 aliphatic heterocycles. The molecule has 1 aromatic heterocycles. The molecule has 0 unspecified atom stereocenters. The number of alkyl halides is 3. The van der Waals surface area contributed by atoms with Crippen LogP contribution in [0.25, 0.3) is 11.3 Å². The van der Waals surface area contributed by atoms with Crippen LogP contribution in [0.15, 0.2) is 48.5 Å². The van der Waals surface area contributed by atoms with Crippen molar-refractivity contribution in [1.29, 1.82) is 0 Å². The molecule has 0 aliphatic rings. The van der Waals surface area contributed by atoms with Gasteiger partial charge in [-0.3, -0.25) is 0 Å². The number of rotatable bonds is 5. The van der Waals surface area contributed by atoms with Gasteiger partial charge < -0.3 is 4.74 Å². The van der Waals surface area contributed by atoms with Crippen molar-refractivity contribution in [2.75, 3.05) is 0 Å². The first-order chi connectivity index (χ1) is 13.7. The highest BCUT2D eigenvalue weighted by Crippen LogP contribution is 2.40. The molecule has 8 heteroatoms. The molecule has 0 bridgehead atoms. The van der Waals surface area contributed by atoms with Gasteiger partial charge in [0.25, 0.3) is 0 Å². The standard InChI is InChI=1S/C21H17ClF3NO2S/c1-12(2)18-17(14-8-9-16(22)15(10-14)21(23,24)25)26-19(29-18)20(27)28-11-13-6-4-3-5-7-13/h3-10,12H,11H2,1-2H3. The van der Waals surface area contributed by atoms with Crippen LogP contribution in [0.1, 0.15) is 45.6 Å². The van der Waals surface area contributed by atoms with Gasteiger partial charge in [0.05, 0.1) is 16.3 Å². The van der Waals surface area contributed by atoms with Crippen molar-refractivity contribution >= 4 is 28.9 Å². The Bertz CT molecular complexity index is 1020. The number of halogens is 4. The van der Waals surface area contributed by atoms with Gasteiger partial charge in [-0.2, -0.15) is 13.2 Å². The Labute approximate surface area is 175 Å². The largest absolute Gasteiger partial charge is 0.455 e. The van der Waals surface area contributed by atoms with Gasteiger partial charge in [0.2, 0.25) is 5.01 Å². The summed E-state index contributed by atoms with van der Waals surface area (Å²) in [5.41, 5.74) is 0.476. The summed E-state index contributed by atoms with van der Waals surface area (Å²) >= 11 is 6.84. The Hall–Kier alpha value is -2.38. The fourth-order valence-electron chi connectivity index (χ4n) is 2.69. The van der Waals surface area contributed by atoms with Crippen molar-refractivity contribution in [2.45, 2.75) is 32.5 Å². The monoisotopic (exact) mass is 439 g/mol. The van der Waals surface area contributed by atoms with Crippen LogP contribution in [0, 0.1) is 0 Å². The van der Waals surface area contributed by atoms with Gasteiger partial charge in [0.1, 0.15) is 6.61 Å². The number of nitrogens with zero attached hydrogens (tertiary/aromatic N) is 1. The lowest BCUT2D eigenvalue weighted by molar-refractivity contribution is -0.137. The maximum absolute atomic E-state index is 13.2. The van der Waals surface area contributed by atoms with Crippen molar-refractivity contribution in [2.24, 2.45) is 0 Å². The summed E-state index contributed by atoms with van der Waals surface area (Å²) in [5.74, 6) is -0.653. The molecule has 0 fully saturated rings. The van der Waals surface area contributed by atoms with Crippen LogP contribution in [-0.4, -0.2) is 11.0 Å². The third kappa shape index (κ3) is 4.97. The van der Waals surface area contributed by atoms with E-state index in [4.69, 9.17) is 16.3 Å². The van der Waals surface area contributed by atoms with Crippen molar-refractivity contribution in [3.8, 4) is 11.3 Å². The molecule has 3 aromatic rings. The van der Waals surface area contributed by atoms with E-state index < -0.39 is 17.7 Å². The lowest BCUT2D eigenvalue weighted by Crippen LogP contribution is -2.06. The van der Waals surface area contributed by atoms with Gasteiger partial charge in [-0.15, -0.1) is 11.3 Å². The number of benzene rings is 2. The summed E-state index contributed by atoms with van der Waals surface area (Å²) in [6.45, 7) is 3.86. The molecule has 0 N–H and O–H groups in total. The molecule has 0 atom stereocenters. The van der Waals surface area contributed by atoms with Crippen molar-refractivity contribution in [3.05, 3.63) is 74.6 Å². The van der Waals surface area contributed by atoms with E-state index in [0.717, 1.165) is 23.0 Å². The molecular weight excluding hydrogens is 423 g/mol. The fraction of sp³-hybridized carbons (Fsp3) is 0.238. The number of aromatic nitrogens is 1. The summed E-state index contributed by atoms with van der Waals surface area (Å²) in [6.07, 6.45) is -4.58. The van der Waals surface area contributed by atoms with Crippen LogP contribution in [0.4, 0.5) is 13.2 Å². The van der Waals surface area contributed by atoms with Gasteiger partial charge in [0.15, 0.2) is 0 Å². The molecule has 3 rings (SSSR count). The minimum Gasteiger partial charge on any atom is -0.455 e. The zero-order valence-electron chi connectivity index (χ0n) is 15.6. The molecule has 29 heavy (non-hydrogen) atoms. The maximum atomic E-state index is 13.2. The third-order valence-electron chi connectivity index (χ3n) is 4.11. The first kappa shape index (κ1) is 21.3. The summed E-state index contributed by atoms with van der Waals surface area (Å²) in [6, 6.07) is 12.8. The second kappa shape index (κ2) is 8.55. The Kier molecular flexibility index (Phi) is 6.29. The van der Waals surface area contributed by atoms with Gasteiger partial charge in [0, 0.05) is 10.4 Å². The average molecular weight is 440 g/mol. The topological polar surface area (TPSA) is 39.2 Å². The van der Waals surface area contributed by atoms with Crippen molar-refractivity contribution in [3.63, 3.8) is 0 Å². The zero-order chi connectivity index (χ0) is 21.2. The summed E-state index contributed by atoms with van der Waals surface area (Å²) in [7, 11) is 0. The molecule has 0 aliphatic carbocycles. The minimum atomic E-state index is -4.58. The second-order valence-electron chi connectivity index (χ2n) is 6.64. The number of ether oxygens (including phenoxy) is 1. The first-order valence-electron chi connectivity index (χ1n) is 8.75. The highest BCUT2D eigenvalue weighted by atomic mass is 35.5. The second-order valence-corrected chi connectivity index (χ2v) is 8.08. The number of carbonyl (C=O) groups is 1. The number of hydrogen-bond acceptors (Lipinski definition) is 4. The van der Waals surface area contributed by atoms with Crippen LogP contribution in [-0.2, 0) is 17.5 Å². The molecule has 0 amide bonds. The summed E-state index contributed by atoms with van der Waals surface area (Å²) in [4.78, 5) is 17.4. The van der Waals surface area contributed by atoms with Crippen LogP contribution in [0.2, 0.25) is 5.02 Å². The molecule has 3 nitrogen and oxygen atoms in total. The average Bonchev–Trinajstić information content (AvgIpc) is 3.12. The molecule has 2 aromatic carbocycles. The number of esters is 1. The molecule has 152 valence electrons. The molecule has 0 spiro atoms. The van der Waals surface area contributed by atoms with Crippen LogP contribution >= 0.6 is 22.9 Å². The molecule has 0 saturated heterocycles. The minimum absolute atomic E-state index is 0.0387. The molecular formula is C21H17ClF3NO2S. The fourth-order valence-corrected chi connectivity index (χ4v) is 3.90. The summed E-state index contributed by atoms with van der Waals surface area (Å²) < 4.78 is 45.0. The molecule has 0 saturated carbocycles. The number of hydrogen-bond donors (Lipinski definition) is 0. The first-order valence-corrected chi connectivity index (χ1v) is 9.95. The Balaban J connectivity index is 1.92. The van der Waals surface area contributed by atoms with E-state index >= 15 is 0 Å². The zero-order valence-corrected chi connectivity index (χ0v) is 17.2. The number of carbonyl (C=O) groups excluding carboxylic acids is 1. The lowest BCUT2D eigenvalue weighted by Gasteiger charge is -2.11. The van der Waals surface area contributed by atoms with E-state index in [1.807, 2.05) is 44.2 Å². The predicted octanol–water partition coefficient (Wildman–Crippen LogP) is 6.96. The quantitative estimate of drug-likeness (QED) is 0.403. The third-order valence-corrected chi connectivity index (χ3v) is 5.78. The Morgan fingerprint density at radius 1 is 1.17 bits per heavy atom. The van der Waals surface area contributed by atoms with Gasteiger partial charge >= 0.3 is 12.1 Å². The van der Waals surface area contributed by atoms with Gasteiger partial charge in [-0.05, 0) is 23.6 Å². The van der Waals surface area contributed by atoms with Crippen LogP contribution in [0.3, 0.4) is 0 Å². The van der Waals surface area contributed by atoms with Crippen LogP contribution < -0.4 is 0 Å². The predicted molar refractivity (Wildman–Crippen MR) is 107 cm³/mol. The Morgan fingerprint density at radius 3 is 2.48 bits per heavy atom. The van der Waals surface area contributed by atoms with E-state index in [2.05, 4.69) is 4.98 Å². The lowest BCUT2D eigenvalue weighted by atomic mass is 10.0. The highest BCUT2D eigenvalue weighted by molar-refractivity contribution is 7.14. The Morgan fingerprint density at radius 2 is 1.86 bits per heavy atom. The summed E-state index contributed by atoms with van der Waals surface area (Å²) in [5, 5.41) is -0.284. The normalized spacial score (nSPS) is 11.7. The van der Waals surface area contributed by atoms with Crippen molar-refractivity contribution < 1.29 is 22.7 Å². The van der Waals surface area contributed by atoms with E-state index in [9.17, 15) is 18.0 Å². The van der Waals surface area contributed by atoms with Crippen LogP contribution in [0.5, 0.6) is 0 Å². The van der Waals surface area contributed by atoms with Gasteiger partial charge in [-0.25, -0.2) is 9.78 Å². The van der Waals surface area contributed by atoms with E-state index in [0.29, 0.717) is 10.6 Å². The van der Waals surface area contributed by atoms with E-state index in [1.165, 1.54) is 12.1 Å². The van der Waals surface area contributed by atoms with E-state index in [-0.39, 0.29) is 28.1 Å².